The summed E-state index contributed by atoms with van der Waals surface area (Å²) in [6, 6.07) is 7.34. The van der Waals surface area contributed by atoms with Crippen molar-refractivity contribution in [1.82, 2.24) is 0 Å². The van der Waals surface area contributed by atoms with Crippen molar-refractivity contribution >= 4 is 5.97 Å². The molecule has 0 saturated carbocycles. The Hall–Kier alpha value is -2.95. The number of hydrogen-bond acceptors (Lipinski definition) is 4. The third kappa shape index (κ3) is 3.84. The zero-order valence-electron chi connectivity index (χ0n) is 16.4. The molecule has 0 aromatic heterocycles. The van der Waals surface area contributed by atoms with Crippen LogP contribution in [-0.4, -0.2) is 26.4 Å². The number of phenolic OH excluding ortho intramolecular Hbond substituents is 2. The molecular weight excluding hydrogens is 356 g/mol. The van der Waals surface area contributed by atoms with Crippen molar-refractivity contribution in [1.29, 1.82) is 0 Å². The van der Waals surface area contributed by atoms with Crippen molar-refractivity contribution in [3.63, 3.8) is 0 Å². The summed E-state index contributed by atoms with van der Waals surface area (Å²) in [4.78, 5) is 11.9. The van der Waals surface area contributed by atoms with Crippen LogP contribution in [0.2, 0.25) is 0 Å². The lowest BCUT2D eigenvalue weighted by Gasteiger charge is -2.32. The second-order valence-corrected chi connectivity index (χ2v) is 8.40. The van der Waals surface area contributed by atoms with Crippen LogP contribution < -0.4 is 0 Å². The minimum Gasteiger partial charge on any atom is -0.508 e. The molecule has 2 aromatic carbocycles. The van der Waals surface area contributed by atoms with E-state index in [4.69, 9.17) is 0 Å². The first-order valence-corrected chi connectivity index (χ1v) is 9.37. The highest BCUT2D eigenvalue weighted by molar-refractivity contribution is 6.00. The molecule has 0 saturated heterocycles. The standard InChI is InChI=1S/C23H26O5/c1-13-12-23(2,3)9-8-15(13)10-18-19(25)11-17(20(21(18)26)22(27)28)14-4-6-16(24)7-5-14/h4-7,11,24-26H,8-10,12H2,1-3H3,(H,27,28). The summed E-state index contributed by atoms with van der Waals surface area (Å²) < 4.78 is 0. The van der Waals surface area contributed by atoms with Gasteiger partial charge in [0.25, 0.3) is 0 Å². The summed E-state index contributed by atoms with van der Waals surface area (Å²) in [7, 11) is 0. The van der Waals surface area contributed by atoms with Gasteiger partial charge in [-0.05, 0) is 55.4 Å². The Bertz CT molecular complexity index is 952. The number of aromatic carboxylic acids is 1. The molecule has 0 amide bonds. The molecule has 0 unspecified atom stereocenters. The van der Waals surface area contributed by atoms with Crippen LogP contribution in [0.4, 0.5) is 0 Å². The zero-order valence-corrected chi connectivity index (χ0v) is 16.4. The second kappa shape index (κ2) is 7.23. The molecular formula is C23H26O5. The van der Waals surface area contributed by atoms with Crippen molar-refractivity contribution in [3.05, 3.63) is 52.6 Å². The van der Waals surface area contributed by atoms with E-state index in [9.17, 15) is 25.2 Å². The third-order valence-corrected chi connectivity index (χ3v) is 5.62. The molecule has 0 atom stereocenters. The average Bonchev–Trinajstić information content (AvgIpc) is 2.59. The van der Waals surface area contributed by atoms with Gasteiger partial charge in [0.05, 0.1) is 0 Å². The van der Waals surface area contributed by atoms with Gasteiger partial charge in [-0.3, -0.25) is 0 Å². The Morgan fingerprint density at radius 1 is 1.11 bits per heavy atom. The lowest BCUT2D eigenvalue weighted by molar-refractivity contribution is 0.0694. The first-order chi connectivity index (χ1) is 13.1. The highest BCUT2D eigenvalue weighted by atomic mass is 16.4. The van der Waals surface area contributed by atoms with Gasteiger partial charge in [-0.2, -0.15) is 0 Å². The molecule has 5 nitrogen and oxygen atoms in total. The fourth-order valence-corrected chi connectivity index (χ4v) is 4.04. The van der Waals surface area contributed by atoms with E-state index in [-0.39, 0.29) is 33.6 Å². The maximum absolute atomic E-state index is 11.9. The molecule has 1 aliphatic carbocycles. The van der Waals surface area contributed by atoms with E-state index in [2.05, 4.69) is 20.8 Å². The number of phenols is 3. The first-order valence-electron chi connectivity index (χ1n) is 9.37. The quantitative estimate of drug-likeness (QED) is 0.542. The highest BCUT2D eigenvalue weighted by Crippen LogP contribution is 2.44. The fourth-order valence-electron chi connectivity index (χ4n) is 4.04. The van der Waals surface area contributed by atoms with Gasteiger partial charge in [-0.25, -0.2) is 4.79 Å². The average molecular weight is 382 g/mol. The molecule has 0 aliphatic heterocycles. The minimum absolute atomic E-state index is 0.0494. The van der Waals surface area contributed by atoms with Crippen LogP contribution in [-0.2, 0) is 6.42 Å². The third-order valence-electron chi connectivity index (χ3n) is 5.62. The summed E-state index contributed by atoms with van der Waals surface area (Å²) in [6.45, 7) is 6.50. The lowest BCUT2D eigenvalue weighted by Crippen LogP contribution is -2.18. The molecule has 4 N–H and O–H groups in total. The first kappa shape index (κ1) is 19.8. The Morgan fingerprint density at radius 2 is 1.75 bits per heavy atom. The van der Waals surface area contributed by atoms with Gasteiger partial charge >= 0.3 is 5.97 Å². The molecule has 0 fully saturated rings. The topological polar surface area (TPSA) is 98.0 Å². The van der Waals surface area contributed by atoms with Crippen molar-refractivity contribution in [2.75, 3.05) is 0 Å². The maximum Gasteiger partial charge on any atom is 0.340 e. The number of carbonyl (C=O) groups is 1. The lowest BCUT2D eigenvalue weighted by atomic mass is 9.73. The van der Waals surface area contributed by atoms with Crippen molar-refractivity contribution in [3.8, 4) is 28.4 Å². The van der Waals surface area contributed by atoms with Gasteiger partial charge in [-0.1, -0.05) is 37.1 Å². The predicted molar refractivity (Wildman–Crippen MR) is 108 cm³/mol. The zero-order chi connectivity index (χ0) is 20.6. The highest BCUT2D eigenvalue weighted by Gasteiger charge is 2.28. The maximum atomic E-state index is 11.9. The van der Waals surface area contributed by atoms with Gasteiger partial charge in [0.15, 0.2) is 0 Å². The molecule has 2 aromatic rings. The minimum atomic E-state index is -1.27. The van der Waals surface area contributed by atoms with E-state index in [1.54, 1.807) is 12.1 Å². The van der Waals surface area contributed by atoms with Crippen LogP contribution >= 0.6 is 0 Å². The number of carboxylic acid groups (broad SMARTS) is 1. The molecule has 3 rings (SSSR count). The van der Waals surface area contributed by atoms with E-state index in [1.165, 1.54) is 23.8 Å². The number of benzene rings is 2. The number of carboxylic acids is 1. The van der Waals surface area contributed by atoms with Crippen LogP contribution in [0.3, 0.4) is 0 Å². The molecule has 28 heavy (non-hydrogen) atoms. The summed E-state index contributed by atoms with van der Waals surface area (Å²) in [5, 5.41) is 40.5. The Kier molecular flexibility index (Phi) is 5.11. The fraction of sp³-hybridized carbons (Fsp3) is 0.348. The molecule has 148 valence electrons. The molecule has 0 bridgehead atoms. The second-order valence-electron chi connectivity index (χ2n) is 8.40. The van der Waals surface area contributed by atoms with Crippen LogP contribution in [0.25, 0.3) is 11.1 Å². The normalized spacial score (nSPS) is 16.2. The number of rotatable bonds is 4. The van der Waals surface area contributed by atoms with Gasteiger partial charge in [0.1, 0.15) is 22.8 Å². The molecule has 0 spiro atoms. The summed E-state index contributed by atoms with van der Waals surface area (Å²) in [5.74, 6) is -1.75. The van der Waals surface area contributed by atoms with Crippen molar-refractivity contribution < 1.29 is 25.2 Å². The monoisotopic (exact) mass is 382 g/mol. The molecule has 5 heteroatoms. The summed E-state index contributed by atoms with van der Waals surface area (Å²) in [6.07, 6.45) is 3.15. The van der Waals surface area contributed by atoms with E-state index in [1.807, 2.05) is 0 Å². The largest absolute Gasteiger partial charge is 0.508 e. The number of aromatic hydroxyl groups is 3. The van der Waals surface area contributed by atoms with Crippen LogP contribution in [0.1, 0.15) is 56.0 Å². The smallest absolute Gasteiger partial charge is 0.340 e. The molecule has 1 aliphatic rings. The molecule has 0 radical (unpaired) electrons. The van der Waals surface area contributed by atoms with Crippen molar-refractivity contribution in [2.45, 2.75) is 46.5 Å². The van der Waals surface area contributed by atoms with Gasteiger partial charge in [0.2, 0.25) is 0 Å². The van der Waals surface area contributed by atoms with Crippen molar-refractivity contribution in [2.24, 2.45) is 5.41 Å². The Balaban J connectivity index is 2.08. The molecule has 0 heterocycles. The van der Waals surface area contributed by atoms with Crippen LogP contribution in [0, 0.1) is 5.41 Å². The van der Waals surface area contributed by atoms with Crippen LogP contribution in [0.15, 0.2) is 41.5 Å². The van der Waals surface area contributed by atoms with E-state index >= 15 is 0 Å². The number of allylic oxidation sites excluding steroid dienone is 2. The van der Waals surface area contributed by atoms with Crippen LogP contribution in [0.5, 0.6) is 17.2 Å². The Morgan fingerprint density at radius 3 is 2.32 bits per heavy atom. The summed E-state index contributed by atoms with van der Waals surface area (Å²) >= 11 is 0. The SMILES string of the molecule is CC1=C(Cc2c(O)cc(-c3ccc(O)cc3)c(C(=O)O)c2O)CCC(C)(C)C1. The van der Waals surface area contributed by atoms with Gasteiger partial charge in [0, 0.05) is 17.5 Å². The van der Waals surface area contributed by atoms with E-state index < -0.39 is 11.7 Å². The van der Waals surface area contributed by atoms with Gasteiger partial charge < -0.3 is 20.4 Å². The van der Waals surface area contributed by atoms with E-state index in [0.717, 1.165) is 24.8 Å². The number of hydrogen-bond donors (Lipinski definition) is 4. The van der Waals surface area contributed by atoms with E-state index in [0.29, 0.717) is 12.0 Å². The van der Waals surface area contributed by atoms with Gasteiger partial charge in [-0.15, -0.1) is 0 Å². The summed E-state index contributed by atoms with van der Waals surface area (Å²) in [5.41, 5.74) is 3.30. The Labute approximate surface area is 164 Å². The predicted octanol–water partition coefficient (Wildman–Crippen LogP) is 5.24.